The van der Waals surface area contributed by atoms with Crippen molar-refractivity contribution in [1.29, 1.82) is 0 Å². The van der Waals surface area contributed by atoms with Gasteiger partial charge in [-0.2, -0.15) is 5.10 Å². The summed E-state index contributed by atoms with van der Waals surface area (Å²) in [7, 11) is 0. The Morgan fingerprint density at radius 2 is 2.12 bits per heavy atom. The van der Waals surface area contributed by atoms with Gasteiger partial charge in [0.15, 0.2) is 5.82 Å². The highest BCUT2D eigenvalue weighted by atomic mass is 32.2. The minimum absolute atomic E-state index is 0.0364. The van der Waals surface area contributed by atoms with Crippen LogP contribution in [0, 0.1) is 4.77 Å². The van der Waals surface area contributed by atoms with E-state index in [1.807, 2.05) is 24.3 Å². The minimum Gasteiger partial charge on any atom is -0.272 e. The predicted octanol–water partition coefficient (Wildman–Crippen LogP) is 3.01. The standard InChI is InChI=1S/C18H15N5OS2/c24-15-11-26-18(8-7-12-4-1-2-6-14(12)18)23(15)22-16(20-21-17(22)25)13-5-3-9-19-10-13/h1-6,9-10H,7-8,11H2,(H,21,25). The summed E-state index contributed by atoms with van der Waals surface area (Å²) in [6.45, 7) is 0. The predicted molar refractivity (Wildman–Crippen MR) is 103 cm³/mol. The summed E-state index contributed by atoms with van der Waals surface area (Å²) in [4.78, 5) is 16.7. The Bertz CT molecular complexity index is 1060. The first kappa shape index (κ1) is 15.8. The van der Waals surface area contributed by atoms with E-state index in [9.17, 15) is 4.79 Å². The van der Waals surface area contributed by atoms with E-state index in [2.05, 4.69) is 27.3 Å². The molecule has 1 fully saturated rings. The number of amides is 1. The number of rotatable bonds is 2. The third kappa shape index (κ3) is 2.12. The van der Waals surface area contributed by atoms with Gasteiger partial charge in [0.1, 0.15) is 4.87 Å². The molecule has 2 aliphatic rings. The maximum absolute atomic E-state index is 13.0. The van der Waals surface area contributed by atoms with Gasteiger partial charge in [-0.3, -0.25) is 9.78 Å². The fraction of sp³-hybridized carbons (Fsp3) is 0.222. The van der Waals surface area contributed by atoms with Crippen LogP contribution in [0.3, 0.4) is 0 Å². The van der Waals surface area contributed by atoms with Crippen LogP contribution in [0.5, 0.6) is 0 Å². The zero-order valence-electron chi connectivity index (χ0n) is 13.8. The summed E-state index contributed by atoms with van der Waals surface area (Å²) in [6.07, 6.45) is 5.24. The number of pyridine rings is 1. The number of carbonyl (C=O) groups excluding carboxylic acids is 1. The van der Waals surface area contributed by atoms with E-state index in [4.69, 9.17) is 12.2 Å². The maximum atomic E-state index is 13.0. The molecule has 6 nitrogen and oxygen atoms in total. The Balaban J connectivity index is 1.73. The van der Waals surface area contributed by atoms with Crippen molar-refractivity contribution in [3.63, 3.8) is 0 Å². The lowest BCUT2D eigenvalue weighted by atomic mass is 10.1. The Hall–Kier alpha value is -2.45. The van der Waals surface area contributed by atoms with E-state index >= 15 is 0 Å². The molecular weight excluding hydrogens is 366 g/mol. The van der Waals surface area contributed by atoms with Gasteiger partial charge in [-0.15, -0.1) is 11.8 Å². The summed E-state index contributed by atoms with van der Waals surface area (Å²) in [5.74, 6) is 1.06. The number of H-pyrrole nitrogens is 1. The SMILES string of the molecule is O=C1CSC2(CCc3ccccc32)N1n1c(-c2cccnc2)n[nH]c1=S. The number of hydrogen-bond donors (Lipinski definition) is 1. The highest BCUT2D eigenvalue weighted by Crippen LogP contribution is 2.52. The molecule has 0 saturated carbocycles. The molecule has 0 bridgehead atoms. The van der Waals surface area contributed by atoms with Crippen molar-refractivity contribution in [2.24, 2.45) is 0 Å². The largest absolute Gasteiger partial charge is 0.272 e. The van der Waals surface area contributed by atoms with Crippen molar-refractivity contribution < 1.29 is 4.79 Å². The molecule has 1 N–H and O–H groups in total. The molecule has 1 saturated heterocycles. The summed E-state index contributed by atoms with van der Waals surface area (Å²) >= 11 is 7.18. The number of hydrogen-bond acceptors (Lipinski definition) is 5. The van der Waals surface area contributed by atoms with Crippen LogP contribution in [0.4, 0.5) is 0 Å². The van der Waals surface area contributed by atoms with E-state index in [1.54, 1.807) is 33.8 Å². The van der Waals surface area contributed by atoms with Gasteiger partial charge in [0.05, 0.1) is 5.75 Å². The summed E-state index contributed by atoms with van der Waals surface area (Å²) < 4.78 is 2.15. The monoisotopic (exact) mass is 381 g/mol. The molecule has 1 spiro atoms. The third-order valence-corrected chi connectivity index (χ3v) is 6.68. The molecule has 3 heterocycles. The van der Waals surface area contributed by atoms with Gasteiger partial charge in [-0.1, -0.05) is 24.3 Å². The summed E-state index contributed by atoms with van der Waals surface area (Å²) in [5, 5.41) is 9.03. The number of carbonyl (C=O) groups is 1. The van der Waals surface area contributed by atoms with Crippen molar-refractivity contribution >= 4 is 29.9 Å². The average molecular weight is 381 g/mol. The van der Waals surface area contributed by atoms with E-state index in [-0.39, 0.29) is 5.91 Å². The Kier molecular flexibility index (Phi) is 3.51. The van der Waals surface area contributed by atoms with E-state index < -0.39 is 4.87 Å². The molecule has 1 aliphatic heterocycles. The van der Waals surface area contributed by atoms with Crippen molar-refractivity contribution in [1.82, 2.24) is 19.9 Å². The van der Waals surface area contributed by atoms with Crippen LogP contribution in [0.15, 0.2) is 48.8 Å². The lowest BCUT2D eigenvalue weighted by molar-refractivity contribution is -0.117. The third-order valence-electron chi connectivity index (χ3n) is 4.95. The lowest BCUT2D eigenvalue weighted by Crippen LogP contribution is -2.49. The number of nitrogens with zero attached hydrogens (tertiary/aromatic N) is 4. The van der Waals surface area contributed by atoms with Crippen LogP contribution in [0.1, 0.15) is 17.5 Å². The minimum atomic E-state index is -0.438. The number of aromatic nitrogens is 4. The number of aromatic amines is 1. The molecule has 1 aliphatic carbocycles. The number of aryl methyl sites for hydroxylation is 1. The second-order valence-electron chi connectivity index (χ2n) is 6.34. The lowest BCUT2D eigenvalue weighted by Gasteiger charge is -2.35. The van der Waals surface area contributed by atoms with Gasteiger partial charge < -0.3 is 0 Å². The van der Waals surface area contributed by atoms with Crippen LogP contribution in [0.2, 0.25) is 0 Å². The van der Waals surface area contributed by atoms with Crippen LogP contribution in [-0.4, -0.2) is 31.5 Å². The Labute approximate surface area is 159 Å². The molecule has 130 valence electrons. The fourth-order valence-corrected chi connectivity index (χ4v) is 5.47. The fourth-order valence-electron chi connectivity index (χ4n) is 3.87. The van der Waals surface area contributed by atoms with Gasteiger partial charge in [-0.05, 0) is 48.3 Å². The van der Waals surface area contributed by atoms with Crippen molar-refractivity contribution in [3.8, 4) is 11.4 Å². The zero-order chi connectivity index (χ0) is 17.7. The highest BCUT2D eigenvalue weighted by Gasteiger charge is 2.53. The molecular formula is C18H15N5OS2. The first-order chi connectivity index (χ1) is 12.7. The molecule has 5 rings (SSSR count). The molecule has 1 atom stereocenters. The van der Waals surface area contributed by atoms with Gasteiger partial charge in [0, 0.05) is 18.0 Å². The molecule has 0 radical (unpaired) electrons. The second kappa shape index (κ2) is 5.78. The smallest absolute Gasteiger partial charge is 0.253 e. The molecule has 3 aromatic rings. The van der Waals surface area contributed by atoms with Gasteiger partial charge in [-0.25, -0.2) is 14.8 Å². The van der Waals surface area contributed by atoms with Crippen LogP contribution < -0.4 is 5.01 Å². The van der Waals surface area contributed by atoms with Gasteiger partial charge >= 0.3 is 0 Å². The maximum Gasteiger partial charge on any atom is 0.253 e. The number of fused-ring (bicyclic) bond motifs is 2. The highest BCUT2D eigenvalue weighted by molar-refractivity contribution is 8.01. The number of thioether (sulfide) groups is 1. The van der Waals surface area contributed by atoms with Crippen LogP contribution in [-0.2, 0) is 16.1 Å². The van der Waals surface area contributed by atoms with E-state index in [0.29, 0.717) is 16.3 Å². The topological polar surface area (TPSA) is 66.8 Å². The van der Waals surface area contributed by atoms with E-state index in [0.717, 1.165) is 18.4 Å². The van der Waals surface area contributed by atoms with Gasteiger partial charge in [0.2, 0.25) is 4.77 Å². The van der Waals surface area contributed by atoms with E-state index in [1.165, 1.54) is 11.1 Å². The number of nitrogens with one attached hydrogen (secondary N) is 1. The number of benzene rings is 1. The van der Waals surface area contributed by atoms with Crippen molar-refractivity contribution in [3.05, 3.63) is 64.7 Å². The van der Waals surface area contributed by atoms with Gasteiger partial charge in [0.25, 0.3) is 5.91 Å². The first-order valence-electron chi connectivity index (χ1n) is 8.34. The second-order valence-corrected chi connectivity index (χ2v) is 7.98. The van der Waals surface area contributed by atoms with Crippen LogP contribution in [0.25, 0.3) is 11.4 Å². The Morgan fingerprint density at radius 1 is 1.23 bits per heavy atom. The first-order valence-corrected chi connectivity index (χ1v) is 9.73. The zero-order valence-corrected chi connectivity index (χ0v) is 15.4. The van der Waals surface area contributed by atoms with Crippen LogP contribution >= 0.6 is 24.0 Å². The van der Waals surface area contributed by atoms with Crippen molar-refractivity contribution in [2.75, 3.05) is 10.8 Å². The average Bonchev–Trinajstić information content (AvgIpc) is 3.33. The quantitative estimate of drug-likeness (QED) is 0.691. The molecule has 2 aromatic heterocycles. The summed E-state index contributed by atoms with van der Waals surface area (Å²) in [5.41, 5.74) is 3.29. The molecule has 8 heteroatoms. The summed E-state index contributed by atoms with van der Waals surface area (Å²) in [6, 6.07) is 12.1. The molecule has 1 amide bonds. The Morgan fingerprint density at radius 3 is 2.96 bits per heavy atom. The van der Waals surface area contributed by atoms with Crippen molar-refractivity contribution in [2.45, 2.75) is 17.7 Å². The molecule has 1 unspecified atom stereocenters. The normalized spacial score (nSPS) is 21.5. The molecule has 1 aromatic carbocycles. The molecule has 26 heavy (non-hydrogen) atoms.